The third-order valence-corrected chi connectivity index (χ3v) is 3.55. The Bertz CT molecular complexity index is 433. The number of amides is 1. The predicted octanol–water partition coefficient (Wildman–Crippen LogP) is 0.881. The smallest absolute Gasteiger partial charge is 0.238 e. The van der Waals surface area contributed by atoms with Crippen LogP contribution in [0.15, 0.2) is 24.3 Å². The molecule has 1 aromatic rings. The molecule has 1 heterocycles. The SMILES string of the molecule is CCc1ccc(NC(=O)CN2CCOCC2CO)cc1. The molecule has 1 aliphatic rings. The maximum absolute atomic E-state index is 12.0. The summed E-state index contributed by atoms with van der Waals surface area (Å²) in [6.07, 6.45) is 0.986. The molecule has 1 aliphatic heterocycles. The van der Waals surface area contributed by atoms with Crippen LogP contribution in [0.3, 0.4) is 0 Å². The average Bonchev–Trinajstić information content (AvgIpc) is 2.48. The van der Waals surface area contributed by atoms with Crippen LogP contribution in [-0.4, -0.2) is 54.9 Å². The third-order valence-electron chi connectivity index (χ3n) is 3.55. The molecule has 110 valence electrons. The van der Waals surface area contributed by atoms with E-state index < -0.39 is 0 Å². The molecule has 20 heavy (non-hydrogen) atoms. The van der Waals surface area contributed by atoms with E-state index in [1.54, 1.807) is 0 Å². The summed E-state index contributed by atoms with van der Waals surface area (Å²) in [5.74, 6) is -0.0606. The minimum atomic E-state index is -0.0861. The second kappa shape index (κ2) is 7.38. The lowest BCUT2D eigenvalue weighted by Gasteiger charge is -2.33. The van der Waals surface area contributed by atoms with E-state index in [-0.39, 0.29) is 25.1 Å². The molecule has 2 rings (SSSR count). The van der Waals surface area contributed by atoms with Crippen LogP contribution in [0.2, 0.25) is 0 Å². The Morgan fingerprint density at radius 2 is 2.20 bits per heavy atom. The van der Waals surface area contributed by atoms with Crippen LogP contribution in [0.1, 0.15) is 12.5 Å². The van der Waals surface area contributed by atoms with Crippen LogP contribution in [-0.2, 0) is 16.0 Å². The van der Waals surface area contributed by atoms with Gasteiger partial charge in [-0.15, -0.1) is 0 Å². The van der Waals surface area contributed by atoms with Crippen molar-refractivity contribution in [3.63, 3.8) is 0 Å². The quantitative estimate of drug-likeness (QED) is 0.839. The molecule has 0 bridgehead atoms. The molecule has 5 heteroatoms. The summed E-state index contributed by atoms with van der Waals surface area (Å²) in [5, 5.41) is 12.2. The molecule has 1 fully saturated rings. The summed E-state index contributed by atoms with van der Waals surface area (Å²) in [6, 6.07) is 7.78. The van der Waals surface area contributed by atoms with Crippen LogP contribution in [0, 0.1) is 0 Å². The van der Waals surface area contributed by atoms with E-state index in [1.807, 2.05) is 29.2 Å². The first-order chi connectivity index (χ1) is 9.72. The highest BCUT2D eigenvalue weighted by Crippen LogP contribution is 2.11. The fourth-order valence-corrected chi connectivity index (χ4v) is 2.27. The normalized spacial score (nSPS) is 19.8. The van der Waals surface area contributed by atoms with E-state index in [1.165, 1.54) is 5.56 Å². The summed E-state index contributed by atoms with van der Waals surface area (Å²) in [4.78, 5) is 14.0. The van der Waals surface area contributed by atoms with Gasteiger partial charge >= 0.3 is 0 Å². The largest absolute Gasteiger partial charge is 0.395 e. The number of aliphatic hydroxyl groups is 1. The average molecular weight is 278 g/mol. The molecule has 1 amide bonds. The number of morpholine rings is 1. The Labute approximate surface area is 119 Å². The first-order valence-corrected chi connectivity index (χ1v) is 7.04. The Kier molecular flexibility index (Phi) is 5.52. The van der Waals surface area contributed by atoms with Gasteiger partial charge in [-0.1, -0.05) is 19.1 Å². The summed E-state index contributed by atoms with van der Waals surface area (Å²) < 4.78 is 5.30. The number of carbonyl (C=O) groups is 1. The summed E-state index contributed by atoms with van der Waals surface area (Å²) >= 11 is 0. The lowest BCUT2D eigenvalue weighted by Crippen LogP contribution is -2.50. The Hall–Kier alpha value is -1.43. The van der Waals surface area contributed by atoms with E-state index in [2.05, 4.69) is 12.2 Å². The molecule has 0 saturated carbocycles. The van der Waals surface area contributed by atoms with Crippen molar-refractivity contribution in [2.45, 2.75) is 19.4 Å². The molecule has 2 N–H and O–H groups in total. The number of ether oxygens (including phenoxy) is 1. The fraction of sp³-hybridized carbons (Fsp3) is 0.533. The van der Waals surface area contributed by atoms with Gasteiger partial charge in [0.2, 0.25) is 5.91 Å². The van der Waals surface area contributed by atoms with Crippen molar-refractivity contribution in [1.29, 1.82) is 0 Å². The minimum absolute atomic E-state index is 0.0124. The van der Waals surface area contributed by atoms with Crippen LogP contribution in [0.5, 0.6) is 0 Å². The molecule has 5 nitrogen and oxygen atoms in total. The van der Waals surface area contributed by atoms with E-state index >= 15 is 0 Å². The molecule has 0 aromatic heterocycles. The van der Waals surface area contributed by atoms with E-state index in [0.717, 1.165) is 12.1 Å². The topological polar surface area (TPSA) is 61.8 Å². The molecule has 0 spiro atoms. The summed E-state index contributed by atoms with van der Waals surface area (Å²) in [7, 11) is 0. The third kappa shape index (κ3) is 4.03. The van der Waals surface area contributed by atoms with Gasteiger partial charge in [0.05, 0.1) is 32.4 Å². The maximum atomic E-state index is 12.0. The van der Waals surface area contributed by atoms with Gasteiger partial charge in [-0.3, -0.25) is 9.69 Å². The zero-order valence-corrected chi connectivity index (χ0v) is 11.8. The fourth-order valence-electron chi connectivity index (χ4n) is 2.27. The number of nitrogens with zero attached hydrogens (tertiary/aromatic N) is 1. The highest BCUT2D eigenvalue weighted by molar-refractivity contribution is 5.92. The Morgan fingerprint density at radius 1 is 1.45 bits per heavy atom. The molecule has 1 unspecified atom stereocenters. The van der Waals surface area contributed by atoms with E-state index in [4.69, 9.17) is 4.74 Å². The number of rotatable bonds is 5. The number of benzene rings is 1. The van der Waals surface area contributed by atoms with Crippen molar-refractivity contribution < 1.29 is 14.6 Å². The number of hydrogen-bond donors (Lipinski definition) is 2. The van der Waals surface area contributed by atoms with E-state index in [0.29, 0.717) is 19.8 Å². The summed E-state index contributed by atoms with van der Waals surface area (Å²) in [6.45, 7) is 4.15. The number of nitrogens with one attached hydrogen (secondary N) is 1. The van der Waals surface area contributed by atoms with Gasteiger partial charge in [0, 0.05) is 12.2 Å². The van der Waals surface area contributed by atoms with Crippen molar-refractivity contribution in [1.82, 2.24) is 4.90 Å². The molecular formula is C15H22N2O3. The number of anilines is 1. The van der Waals surface area contributed by atoms with Gasteiger partial charge in [-0.2, -0.15) is 0 Å². The number of aliphatic hydroxyl groups excluding tert-OH is 1. The van der Waals surface area contributed by atoms with Crippen LogP contribution >= 0.6 is 0 Å². The maximum Gasteiger partial charge on any atom is 0.238 e. The first-order valence-electron chi connectivity index (χ1n) is 7.04. The molecule has 1 aromatic carbocycles. The van der Waals surface area contributed by atoms with Gasteiger partial charge in [-0.25, -0.2) is 0 Å². The second-order valence-electron chi connectivity index (χ2n) is 4.98. The predicted molar refractivity (Wildman–Crippen MR) is 77.7 cm³/mol. The van der Waals surface area contributed by atoms with E-state index in [9.17, 15) is 9.90 Å². The molecule has 1 atom stereocenters. The molecule has 0 radical (unpaired) electrons. The van der Waals surface area contributed by atoms with Crippen molar-refractivity contribution in [2.75, 3.05) is 38.2 Å². The zero-order valence-electron chi connectivity index (χ0n) is 11.8. The van der Waals surface area contributed by atoms with Gasteiger partial charge < -0.3 is 15.2 Å². The Balaban J connectivity index is 1.87. The van der Waals surface area contributed by atoms with Gasteiger partial charge in [0.25, 0.3) is 0 Å². The molecule has 1 saturated heterocycles. The van der Waals surface area contributed by atoms with Crippen molar-refractivity contribution in [3.05, 3.63) is 29.8 Å². The van der Waals surface area contributed by atoms with Crippen molar-refractivity contribution in [3.8, 4) is 0 Å². The highest BCUT2D eigenvalue weighted by atomic mass is 16.5. The van der Waals surface area contributed by atoms with Crippen LogP contribution < -0.4 is 5.32 Å². The lowest BCUT2D eigenvalue weighted by molar-refractivity contribution is -0.120. The van der Waals surface area contributed by atoms with Gasteiger partial charge in [0.1, 0.15) is 0 Å². The number of aryl methyl sites for hydroxylation is 1. The second-order valence-corrected chi connectivity index (χ2v) is 4.98. The van der Waals surface area contributed by atoms with Gasteiger partial charge in [0.15, 0.2) is 0 Å². The molecule has 0 aliphatic carbocycles. The Morgan fingerprint density at radius 3 is 2.85 bits per heavy atom. The standard InChI is InChI=1S/C15H22N2O3/c1-2-12-3-5-13(6-4-12)16-15(19)9-17-7-8-20-11-14(17)10-18/h3-6,14,18H,2,7-11H2,1H3,(H,16,19). The van der Waals surface area contributed by atoms with Crippen LogP contribution in [0.25, 0.3) is 0 Å². The van der Waals surface area contributed by atoms with Gasteiger partial charge in [-0.05, 0) is 24.1 Å². The monoisotopic (exact) mass is 278 g/mol. The minimum Gasteiger partial charge on any atom is -0.395 e. The van der Waals surface area contributed by atoms with Crippen molar-refractivity contribution >= 4 is 11.6 Å². The highest BCUT2D eigenvalue weighted by Gasteiger charge is 2.24. The zero-order chi connectivity index (χ0) is 14.4. The first kappa shape index (κ1) is 15.0. The van der Waals surface area contributed by atoms with Crippen LogP contribution in [0.4, 0.5) is 5.69 Å². The summed E-state index contributed by atoms with van der Waals surface area (Å²) in [5.41, 5.74) is 2.05. The number of hydrogen-bond acceptors (Lipinski definition) is 4. The lowest BCUT2D eigenvalue weighted by atomic mass is 10.1. The van der Waals surface area contributed by atoms with Crippen molar-refractivity contribution in [2.24, 2.45) is 0 Å². The number of carbonyl (C=O) groups excluding carboxylic acids is 1. The molecular weight excluding hydrogens is 256 g/mol.